The van der Waals surface area contributed by atoms with Gasteiger partial charge >= 0.3 is 0 Å². The molecule has 0 spiro atoms. The number of carbonyl (C=O) groups is 1. The first-order valence-electron chi connectivity index (χ1n) is 4.91. The second kappa shape index (κ2) is 5.67. The van der Waals surface area contributed by atoms with Crippen molar-refractivity contribution in [3.05, 3.63) is 33.6 Å². The molecule has 0 aliphatic carbocycles. The molecule has 0 saturated carbocycles. The minimum Gasteiger partial charge on any atom is -0.392 e. The van der Waals surface area contributed by atoms with Crippen LogP contribution in [0.1, 0.15) is 17.3 Å². The van der Waals surface area contributed by atoms with Crippen LogP contribution in [0.2, 0.25) is 10.0 Å². The maximum absolute atomic E-state index is 13.2. The van der Waals surface area contributed by atoms with Crippen molar-refractivity contribution < 1.29 is 14.3 Å². The van der Waals surface area contributed by atoms with Gasteiger partial charge in [0.15, 0.2) is 0 Å². The number of halogens is 3. The standard InChI is InChI=1S/C11H12Cl2FNO2/c1-6(16)5-15(2)11(17)7-3-10(14)9(13)4-8(7)12/h3-4,6,16H,5H2,1-2H3. The minimum absolute atomic E-state index is 0.0247. The lowest BCUT2D eigenvalue weighted by atomic mass is 10.2. The third-order valence-corrected chi connectivity index (χ3v) is 2.73. The van der Waals surface area contributed by atoms with Crippen molar-refractivity contribution in [1.82, 2.24) is 4.90 Å². The summed E-state index contributed by atoms with van der Waals surface area (Å²) in [4.78, 5) is 13.1. The lowest BCUT2D eigenvalue weighted by Gasteiger charge is -2.19. The molecule has 6 heteroatoms. The number of carbonyl (C=O) groups excluding carboxylic acids is 1. The van der Waals surface area contributed by atoms with E-state index in [0.717, 1.165) is 6.07 Å². The van der Waals surface area contributed by atoms with E-state index in [1.807, 2.05) is 0 Å². The molecule has 17 heavy (non-hydrogen) atoms. The SMILES string of the molecule is CC(O)CN(C)C(=O)c1cc(F)c(Cl)cc1Cl. The molecule has 0 aromatic heterocycles. The van der Waals surface area contributed by atoms with Gasteiger partial charge in [-0.25, -0.2) is 4.39 Å². The molecule has 1 rings (SSSR count). The Labute approximate surface area is 109 Å². The van der Waals surface area contributed by atoms with Crippen LogP contribution in [0.4, 0.5) is 4.39 Å². The lowest BCUT2D eigenvalue weighted by Crippen LogP contribution is -2.33. The van der Waals surface area contributed by atoms with Gasteiger partial charge in [-0.2, -0.15) is 0 Å². The van der Waals surface area contributed by atoms with Crippen molar-refractivity contribution in [1.29, 1.82) is 0 Å². The topological polar surface area (TPSA) is 40.5 Å². The van der Waals surface area contributed by atoms with E-state index < -0.39 is 17.8 Å². The molecule has 1 aromatic carbocycles. The predicted molar refractivity (Wildman–Crippen MR) is 65.1 cm³/mol. The summed E-state index contributed by atoms with van der Waals surface area (Å²) in [5.41, 5.74) is 0.0247. The first-order chi connectivity index (χ1) is 7.82. The molecular formula is C11H12Cl2FNO2. The molecule has 0 aliphatic rings. The highest BCUT2D eigenvalue weighted by Crippen LogP contribution is 2.25. The van der Waals surface area contributed by atoms with Gasteiger partial charge in [0, 0.05) is 13.6 Å². The number of benzene rings is 1. The number of hydrogen-bond donors (Lipinski definition) is 1. The Morgan fingerprint density at radius 1 is 1.47 bits per heavy atom. The fourth-order valence-corrected chi connectivity index (χ4v) is 1.84. The number of nitrogens with zero attached hydrogens (tertiary/aromatic N) is 1. The van der Waals surface area contributed by atoms with E-state index in [1.165, 1.54) is 18.0 Å². The molecule has 0 radical (unpaired) electrons. The van der Waals surface area contributed by atoms with Gasteiger partial charge in [-0.1, -0.05) is 23.2 Å². The van der Waals surface area contributed by atoms with Crippen LogP contribution in [0, 0.1) is 5.82 Å². The molecule has 0 aliphatic heterocycles. The summed E-state index contributed by atoms with van der Waals surface area (Å²) in [7, 11) is 1.50. The summed E-state index contributed by atoms with van der Waals surface area (Å²) >= 11 is 11.3. The summed E-state index contributed by atoms with van der Waals surface area (Å²) in [6.07, 6.45) is -0.667. The third-order valence-electron chi connectivity index (χ3n) is 2.13. The van der Waals surface area contributed by atoms with Crippen molar-refractivity contribution >= 4 is 29.1 Å². The third kappa shape index (κ3) is 3.56. The van der Waals surface area contributed by atoms with E-state index in [-0.39, 0.29) is 22.2 Å². The predicted octanol–water partition coefficient (Wildman–Crippen LogP) is 2.59. The van der Waals surface area contributed by atoms with Gasteiger partial charge in [0.1, 0.15) is 5.82 Å². The number of amides is 1. The van der Waals surface area contributed by atoms with Gasteiger partial charge in [0.05, 0.1) is 21.7 Å². The zero-order valence-electron chi connectivity index (χ0n) is 9.38. The first-order valence-corrected chi connectivity index (χ1v) is 5.66. The summed E-state index contributed by atoms with van der Waals surface area (Å²) in [6, 6.07) is 2.17. The number of aliphatic hydroxyl groups excluding tert-OH is 1. The van der Waals surface area contributed by atoms with Crippen LogP contribution in [0.25, 0.3) is 0 Å². The van der Waals surface area contributed by atoms with Crippen molar-refractivity contribution in [2.45, 2.75) is 13.0 Å². The first kappa shape index (κ1) is 14.2. The molecule has 1 N–H and O–H groups in total. The Balaban J connectivity index is 3.00. The van der Waals surface area contributed by atoms with Crippen LogP contribution < -0.4 is 0 Å². The molecule has 0 saturated heterocycles. The highest BCUT2D eigenvalue weighted by Gasteiger charge is 2.18. The second-order valence-corrected chi connectivity index (χ2v) is 4.60. The van der Waals surface area contributed by atoms with Crippen LogP contribution in [0.5, 0.6) is 0 Å². The highest BCUT2D eigenvalue weighted by molar-refractivity contribution is 6.36. The molecule has 1 amide bonds. The normalized spacial score (nSPS) is 12.4. The van der Waals surface area contributed by atoms with E-state index in [2.05, 4.69) is 0 Å². The average Bonchev–Trinajstić information content (AvgIpc) is 2.21. The summed E-state index contributed by atoms with van der Waals surface area (Å²) in [5.74, 6) is -1.17. The Morgan fingerprint density at radius 3 is 2.59 bits per heavy atom. The maximum Gasteiger partial charge on any atom is 0.255 e. The van der Waals surface area contributed by atoms with E-state index in [1.54, 1.807) is 6.92 Å². The number of hydrogen-bond acceptors (Lipinski definition) is 2. The Kier molecular flexibility index (Phi) is 4.74. The highest BCUT2D eigenvalue weighted by atomic mass is 35.5. The molecule has 94 valence electrons. The van der Waals surface area contributed by atoms with Crippen LogP contribution in [-0.4, -0.2) is 35.6 Å². The lowest BCUT2D eigenvalue weighted by molar-refractivity contribution is 0.0703. The van der Waals surface area contributed by atoms with Crippen LogP contribution in [-0.2, 0) is 0 Å². The second-order valence-electron chi connectivity index (χ2n) is 3.78. The molecule has 1 aromatic rings. The van der Waals surface area contributed by atoms with Crippen molar-refractivity contribution in [3.63, 3.8) is 0 Å². The molecule has 0 fully saturated rings. The van der Waals surface area contributed by atoms with E-state index in [4.69, 9.17) is 28.3 Å². The smallest absolute Gasteiger partial charge is 0.255 e. The summed E-state index contributed by atoms with van der Waals surface area (Å²) in [5, 5.41) is 9.11. The molecule has 1 unspecified atom stereocenters. The quantitative estimate of drug-likeness (QED) is 0.864. The Morgan fingerprint density at radius 2 is 2.06 bits per heavy atom. The maximum atomic E-state index is 13.2. The number of likely N-dealkylation sites (N-methyl/N-ethyl adjacent to an activating group) is 1. The summed E-state index contributed by atoms with van der Waals surface area (Å²) < 4.78 is 13.2. The fraction of sp³-hybridized carbons (Fsp3) is 0.364. The Bertz CT molecular complexity index is 438. The van der Waals surface area contributed by atoms with E-state index in [0.29, 0.717) is 0 Å². The van der Waals surface area contributed by atoms with Crippen LogP contribution in [0.3, 0.4) is 0 Å². The van der Waals surface area contributed by atoms with Gasteiger partial charge < -0.3 is 10.0 Å². The van der Waals surface area contributed by atoms with Crippen molar-refractivity contribution in [3.8, 4) is 0 Å². The van der Waals surface area contributed by atoms with Gasteiger partial charge in [-0.3, -0.25) is 4.79 Å². The molecule has 0 heterocycles. The Hall–Kier alpha value is -0.840. The average molecular weight is 280 g/mol. The van der Waals surface area contributed by atoms with E-state index in [9.17, 15) is 9.18 Å². The summed E-state index contributed by atoms with van der Waals surface area (Å²) in [6.45, 7) is 1.69. The van der Waals surface area contributed by atoms with Crippen molar-refractivity contribution in [2.24, 2.45) is 0 Å². The molecule has 1 atom stereocenters. The van der Waals surface area contributed by atoms with Gasteiger partial charge in [-0.05, 0) is 19.1 Å². The zero-order chi connectivity index (χ0) is 13.2. The minimum atomic E-state index is -0.704. The fourth-order valence-electron chi connectivity index (χ4n) is 1.37. The van der Waals surface area contributed by atoms with Crippen molar-refractivity contribution in [2.75, 3.05) is 13.6 Å². The van der Waals surface area contributed by atoms with E-state index >= 15 is 0 Å². The van der Waals surface area contributed by atoms with Crippen LogP contribution >= 0.6 is 23.2 Å². The molecule has 3 nitrogen and oxygen atoms in total. The van der Waals surface area contributed by atoms with Crippen LogP contribution in [0.15, 0.2) is 12.1 Å². The number of aliphatic hydroxyl groups is 1. The number of rotatable bonds is 3. The monoisotopic (exact) mass is 279 g/mol. The van der Waals surface area contributed by atoms with Gasteiger partial charge in [0.25, 0.3) is 5.91 Å². The zero-order valence-corrected chi connectivity index (χ0v) is 10.9. The van der Waals surface area contributed by atoms with Gasteiger partial charge in [0.2, 0.25) is 0 Å². The molecule has 0 bridgehead atoms. The largest absolute Gasteiger partial charge is 0.392 e. The molecular weight excluding hydrogens is 268 g/mol. The van der Waals surface area contributed by atoms with Gasteiger partial charge in [-0.15, -0.1) is 0 Å².